The van der Waals surface area contributed by atoms with Crippen molar-refractivity contribution < 1.29 is 14.3 Å². The van der Waals surface area contributed by atoms with Crippen molar-refractivity contribution in [3.05, 3.63) is 23.3 Å². The van der Waals surface area contributed by atoms with E-state index in [0.717, 1.165) is 48.8 Å². The van der Waals surface area contributed by atoms with Crippen molar-refractivity contribution in [3.8, 4) is 11.5 Å². The van der Waals surface area contributed by atoms with Gasteiger partial charge in [-0.15, -0.1) is 0 Å². The first-order chi connectivity index (χ1) is 10.3. The van der Waals surface area contributed by atoms with Crippen LogP contribution in [-0.4, -0.2) is 37.2 Å². The van der Waals surface area contributed by atoms with Gasteiger partial charge in [0.1, 0.15) is 0 Å². The Morgan fingerprint density at radius 3 is 2.76 bits per heavy atom. The van der Waals surface area contributed by atoms with Gasteiger partial charge in [0.2, 0.25) is 6.79 Å². The number of hydrogen-bond donors (Lipinski definition) is 1. The lowest BCUT2D eigenvalue weighted by molar-refractivity contribution is 0.0765. The van der Waals surface area contributed by atoms with E-state index in [1.54, 1.807) is 0 Å². The number of carbonyl (C=O) groups excluding carboxylic acids is 1. The van der Waals surface area contributed by atoms with E-state index < -0.39 is 0 Å². The van der Waals surface area contributed by atoms with Crippen LogP contribution in [0.15, 0.2) is 12.1 Å². The molecular formula is C16H20N2O3. The van der Waals surface area contributed by atoms with Gasteiger partial charge in [-0.2, -0.15) is 0 Å². The van der Waals surface area contributed by atoms with E-state index in [0.29, 0.717) is 12.3 Å². The maximum absolute atomic E-state index is 12.5. The molecule has 1 saturated heterocycles. The van der Waals surface area contributed by atoms with Crippen molar-refractivity contribution in [2.75, 3.05) is 26.4 Å². The molecule has 3 aliphatic heterocycles. The Kier molecular flexibility index (Phi) is 3.22. The van der Waals surface area contributed by atoms with Crippen LogP contribution in [0.25, 0.3) is 0 Å². The second-order valence-corrected chi connectivity index (χ2v) is 6.07. The summed E-state index contributed by atoms with van der Waals surface area (Å²) in [5.41, 5.74) is 1.85. The number of nitrogens with zero attached hydrogens (tertiary/aromatic N) is 1. The summed E-state index contributed by atoms with van der Waals surface area (Å²) in [6.45, 7) is 4.03. The number of ether oxygens (including phenoxy) is 2. The smallest absolute Gasteiger partial charge is 0.254 e. The van der Waals surface area contributed by atoms with E-state index in [1.165, 1.54) is 12.8 Å². The molecule has 21 heavy (non-hydrogen) atoms. The van der Waals surface area contributed by atoms with Crippen LogP contribution in [0.3, 0.4) is 0 Å². The third-order valence-electron chi connectivity index (χ3n) is 4.74. The fourth-order valence-corrected chi connectivity index (χ4v) is 3.45. The quantitative estimate of drug-likeness (QED) is 0.921. The average molecular weight is 288 g/mol. The number of fused-ring (bicyclic) bond motifs is 2. The Hall–Kier alpha value is -1.75. The molecule has 1 aromatic rings. The highest BCUT2D eigenvalue weighted by molar-refractivity contribution is 5.99. The Labute approximate surface area is 124 Å². The number of piperidine rings is 1. The molecule has 1 aromatic carbocycles. The number of benzene rings is 1. The predicted molar refractivity (Wildman–Crippen MR) is 77.5 cm³/mol. The summed E-state index contributed by atoms with van der Waals surface area (Å²) in [6.07, 6.45) is 3.56. The minimum Gasteiger partial charge on any atom is -0.454 e. The van der Waals surface area contributed by atoms with Crippen LogP contribution in [0.4, 0.5) is 0 Å². The van der Waals surface area contributed by atoms with Crippen molar-refractivity contribution in [3.63, 3.8) is 0 Å². The average Bonchev–Trinajstić information content (AvgIpc) is 3.09. The summed E-state index contributed by atoms with van der Waals surface area (Å²) in [4.78, 5) is 14.4. The standard InChI is InChI=1S/C16H20N2O3/c19-16-13-8-15-14(20-10-21-15)7-12(13)9-18(16)6-3-11-1-4-17-5-2-11/h7-8,11,17H,1-6,9-10H2. The Morgan fingerprint density at radius 1 is 1.19 bits per heavy atom. The zero-order chi connectivity index (χ0) is 14.2. The summed E-state index contributed by atoms with van der Waals surface area (Å²) in [5.74, 6) is 2.35. The number of nitrogens with one attached hydrogen (secondary N) is 1. The van der Waals surface area contributed by atoms with Gasteiger partial charge in [0.25, 0.3) is 5.91 Å². The van der Waals surface area contributed by atoms with E-state index in [-0.39, 0.29) is 12.7 Å². The highest BCUT2D eigenvalue weighted by Crippen LogP contribution is 2.38. The Balaban J connectivity index is 1.43. The molecule has 0 atom stereocenters. The lowest BCUT2D eigenvalue weighted by Gasteiger charge is -2.25. The predicted octanol–water partition coefficient (Wildman–Crippen LogP) is 1.76. The van der Waals surface area contributed by atoms with Gasteiger partial charge in [-0.1, -0.05) is 0 Å². The summed E-state index contributed by atoms with van der Waals surface area (Å²) in [7, 11) is 0. The number of carbonyl (C=O) groups is 1. The van der Waals surface area contributed by atoms with Crippen molar-refractivity contribution in [1.82, 2.24) is 10.2 Å². The molecule has 5 nitrogen and oxygen atoms in total. The number of rotatable bonds is 3. The van der Waals surface area contributed by atoms with E-state index in [1.807, 2.05) is 17.0 Å². The van der Waals surface area contributed by atoms with E-state index in [9.17, 15) is 4.79 Å². The first-order valence-corrected chi connectivity index (χ1v) is 7.74. The monoisotopic (exact) mass is 288 g/mol. The molecule has 3 aliphatic rings. The van der Waals surface area contributed by atoms with Crippen molar-refractivity contribution >= 4 is 5.91 Å². The molecule has 0 aromatic heterocycles. The van der Waals surface area contributed by atoms with Gasteiger partial charge in [0, 0.05) is 18.7 Å². The van der Waals surface area contributed by atoms with Crippen LogP contribution in [0.2, 0.25) is 0 Å². The van der Waals surface area contributed by atoms with Gasteiger partial charge in [0.15, 0.2) is 11.5 Å². The fraction of sp³-hybridized carbons (Fsp3) is 0.562. The van der Waals surface area contributed by atoms with Gasteiger partial charge < -0.3 is 19.7 Å². The van der Waals surface area contributed by atoms with E-state index in [4.69, 9.17) is 9.47 Å². The molecule has 0 aliphatic carbocycles. The zero-order valence-electron chi connectivity index (χ0n) is 12.1. The highest BCUT2D eigenvalue weighted by Gasteiger charge is 2.31. The highest BCUT2D eigenvalue weighted by atomic mass is 16.7. The third kappa shape index (κ3) is 2.35. The minimum atomic E-state index is 0.136. The topological polar surface area (TPSA) is 50.8 Å². The van der Waals surface area contributed by atoms with Crippen LogP contribution >= 0.6 is 0 Å². The molecular weight excluding hydrogens is 268 g/mol. The van der Waals surface area contributed by atoms with Gasteiger partial charge >= 0.3 is 0 Å². The lowest BCUT2D eigenvalue weighted by Crippen LogP contribution is -2.31. The second-order valence-electron chi connectivity index (χ2n) is 6.07. The summed E-state index contributed by atoms with van der Waals surface area (Å²) in [5, 5.41) is 3.38. The molecule has 1 N–H and O–H groups in total. The summed E-state index contributed by atoms with van der Waals surface area (Å²) in [6, 6.07) is 3.80. The van der Waals surface area contributed by atoms with Crippen LogP contribution in [0.1, 0.15) is 35.2 Å². The number of amides is 1. The maximum atomic E-state index is 12.5. The molecule has 4 rings (SSSR count). The molecule has 0 spiro atoms. The van der Waals surface area contributed by atoms with E-state index >= 15 is 0 Å². The second kappa shape index (κ2) is 5.22. The largest absolute Gasteiger partial charge is 0.454 e. The van der Waals surface area contributed by atoms with Crippen molar-refractivity contribution in [2.24, 2.45) is 5.92 Å². The first kappa shape index (κ1) is 13.0. The van der Waals surface area contributed by atoms with Crippen LogP contribution in [0, 0.1) is 5.92 Å². The molecule has 3 heterocycles. The molecule has 0 bridgehead atoms. The molecule has 1 fully saturated rings. The molecule has 112 valence electrons. The summed E-state index contributed by atoms with van der Waals surface area (Å²) < 4.78 is 10.8. The fourth-order valence-electron chi connectivity index (χ4n) is 3.45. The van der Waals surface area contributed by atoms with Crippen molar-refractivity contribution in [2.45, 2.75) is 25.8 Å². The van der Waals surface area contributed by atoms with Crippen LogP contribution in [0.5, 0.6) is 11.5 Å². The van der Waals surface area contributed by atoms with Crippen LogP contribution in [-0.2, 0) is 6.54 Å². The third-order valence-corrected chi connectivity index (χ3v) is 4.74. The zero-order valence-corrected chi connectivity index (χ0v) is 12.1. The molecule has 0 saturated carbocycles. The SMILES string of the molecule is O=C1c2cc3c(cc2CN1CCC1CCNCC1)OCO3. The number of hydrogen-bond acceptors (Lipinski definition) is 4. The Morgan fingerprint density at radius 2 is 1.95 bits per heavy atom. The molecule has 0 radical (unpaired) electrons. The summed E-state index contributed by atoms with van der Waals surface area (Å²) >= 11 is 0. The molecule has 1 amide bonds. The first-order valence-electron chi connectivity index (χ1n) is 7.74. The van der Waals surface area contributed by atoms with Crippen molar-refractivity contribution in [1.29, 1.82) is 0 Å². The normalized spacial score (nSPS) is 21.0. The van der Waals surface area contributed by atoms with Gasteiger partial charge in [-0.25, -0.2) is 0 Å². The molecule has 0 unspecified atom stereocenters. The van der Waals surface area contributed by atoms with Crippen LogP contribution < -0.4 is 14.8 Å². The van der Waals surface area contributed by atoms with Gasteiger partial charge in [-0.05, 0) is 56.0 Å². The van der Waals surface area contributed by atoms with Gasteiger partial charge in [0.05, 0.1) is 0 Å². The van der Waals surface area contributed by atoms with E-state index in [2.05, 4.69) is 5.32 Å². The van der Waals surface area contributed by atoms with Gasteiger partial charge in [-0.3, -0.25) is 4.79 Å². The lowest BCUT2D eigenvalue weighted by atomic mass is 9.94. The Bertz CT molecular complexity index is 567. The molecule has 5 heteroatoms. The minimum absolute atomic E-state index is 0.136. The maximum Gasteiger partial charge on any atom is 0.254 e.